The van der Waals surface area contributed by atoms with Gasteiger partial charge in [-0.05, 0) is 43.3 Å². The van der Waals surface area contributed by atoms with Gasteiger partial charge in [-0.1, -0.05) is 29.8 Å². The van der Waals surface area contributed by atoms with Gasteiger partial charge in [0.2, 0.25) is 5.91 Å². The van der Waals surface area contributed by atoms with E-state index >= 15 is 0 Å². The number of sulfonamides is 1. The first kappa shape index (κ1) is 20.1. The summed E-state index contributed by atoms with van der Waals surface area (Å²) in [4.78, 5) is 24.2. The zero-order valence-electron chi connectivity index (χ0n) is 15.9. The first-order chi connectivity index (χ1) is 14.2. The SMILES string of the molecule is Cc1ccc(S(=O)(=O)Nc2ccc(NC(=O)[C@H]3[C@@H](C(=O)[O-])[C@@H]4C=C[C@H]3O4)cc2)cc1. The fourth-order valence-corrected chi connectivity index (χ4v) is 4.74. The number of carboxylic acids is 1. The highest BCUT2D eigenvalue weighted by Crippen LogP contribution is 2.39. The molecule has 2 N–H and O–H groups in total. The third-order valence-electron chi connectivity index (χ3n) is 5.21. The smallest absolute Gasteiger partial charge is 0.261 e. The number of carbonyl (C=O) groups is 2. The van der Waals surface area contributed by atoms with E-state index in [1.807, 2.05) is 6.92 Å². The summed E-state index contributed by atoms with van der Waals surface area (Å²) >= 11 is 0. The lowest BCUT2D eigenvalue weighted by Crippen LogP contribution is -2.45. The van der Waals surface area contributed by atoms with Crippen molar-refractivity contribution in [3.63, 3.8) is 0 Å². The van der Waals surface area contributed by atoms with E-state index in [1.54, 1.807) is 24.3 Å². The standard InChI is InChI=1S/C21H20N2O6S/c1-12-2-8-15(9-3-12)30(27,28)23-14-6-4-13(5-7-14)22-20(24)18-16-10-11-17(29-16)19(18)21(25)26/h2-11,16-19,23H,1H3,(H,22,24)(H,25,26)/p-1/t16-,17+,18-,19+/m1/s1. The lowest BCUT2D eigenvalue weighted by atomic mass is 9.82. The quantitative estimate of drug-likeness (QED) is 0.664. The van der Waals surface area contributed by atoms with Crippen LogP contribution in [0.1, 0.15) is 5.56 Å². The average Bonchev–Trinajstić information content (AvgIpc) is 3.31. The van der Waals surface area contributed by atoms with E-state index in [9.17, 15) is 23.1 Å². The van der Waals surface area contributed by atoms with Crippen molar-refractivity contribution in [3.8, 4) is 0 Å². The van der Waals surface area contributed by atoms with E-state index in [1.165, 1.54) is 36.4 Å². The molecule has 0 spiro atoms. The first-order valence-electron chi connectivity index (χ1n) is 9.30. The molecule has 0 aliphatic carbocycles. The van der Waals surface area contributed by atoms with Gasteiger partial charge in [-0.3, -0.25) is 9.52 Å². The molecular formula is C21H19N2O6S-. The van der Waals surface area contributed by atoms with Gasteiger partial charge in [-0.25, -0.2) is 8.42 Å². The Kier molecular flexibility index (Phi) is 5.08. The molecule has 4 rings (SSSR count). The third-order valence-corrected chi connectivity index (χ3v) is 6.61. The number of benzene rings is 2. The third kappa shape index (κ3) is 3.81. The van der Waals surface area contributed by atoms with Gasteiger partial charge in [0.25, 0.3) is 10.0 Å². The normalized spacial score (nSPS) is 24.6. The van der Waals surface area contributed by atoms with Gasteiger partial charge in [-0.15, -0.1) is 0 Å². The number of amides is 1. The van der Waals surface area contributed by atoms with Crippen LogP contribution in [0.4, 0.5) is 11.4 Å². The largest absolute Gasteiger partial charge is 0.550 e. The molecule has 1 amide bonds. The maximum Gasteiger partial charge on any atom is 0.261 e. The van der Waals surface area contributed by atoms with Crippen molar-refractivity contribution < 1.29 is 27.9 Å². The summed E-state index contributed by atoms with van der Waals surface area (Å²) in [5.41, 5.74) is 1.68. The minimum absolute atomic E-state index is 0.142. The number of aliphatic carboxylic acids is 1. The maximum atomic E-state index is 12.6. The van der Waals surface area contributed by atoms with Gasteiger partial charge in [0.05, 0.1) is 23.0 Å². The molecule has 2 aromatic carbocycles. The molecule has 1 saturated heterocycles. The van der Waals surface area contributed by atoms with Gasteiger partial charge < -0.3 is 20.0 Å². The van der Waals surface area contributed by atoms with Crippen LogP contribution in [0.15, 0.2) is 65.6 Å². The Morgan fingerprint density at radius 2 is 1.47 bits per heavy atom. The van der Waals surface area contributed by atoms with Gasteiger partial charge in [-0.2, -0.15) is 0 Å². The van der Waals surface area contributed by atoms with Crippen molar-refractivity contribution in [3.05, 3.63) is 66.2 Å². The first-order valence-corrected chi connectivity index (χ1v) is 10.8. The molecule has 2 heterocycles. The zero-order valence-corrected chi connectivity index (χ0v) is 16.8. The molecule has 8 nitrogen and oxygen atoms in total. The molecule has 0 saturated carbocycles. The van der Waals surface area contributed by atoms with E-state index in [-0.39, 0.29) is 4.90 Å². The second-order valence-electron chi connectivity index (χ2n) is 7.31. The van der Waals surface area contributed by atoms with Crippen molar-refractivity contribution in [2.45, 2.75) is 24.0 Å². The van der Waals surface area contributed by atoms with Crippen LogP contribution >= 0.6 is 0 Å². The van der Waals surface area contributed by atoms with E-state index in [2.05, 4.69) is 10.0 Å². The topological polar surface area (TPSA) is 125 Å². The summed E-state index contributed by atoms with van der Waals surface area (Å²) in [5, 5.41) is 14.1. The molecule has 1 fully saturated rings. The highest BCUT2D eigenvalue weighted by Gasteiger charge is 2.50. The predicted molar refractivity (Wildman–Crippen MR) is 107 cm³/mol. The highest BCUT2D eigenvalue weighted by molar-refractivity contribution is 7.92. The molecule has 2 aromatic rings. The molecule has 156 valence electrons. The van der Waals surface area contributed by atoms with Crippen LogP contribution < -0.4 is 15.1 Å². The molecule has 0 radical (unpaired) electrons. The number of nitrogens with one attached hydrogen (secondary N) is 2. The minimum atomic E-state index is -3.74. The maximum absolute atomic E-state index is 12.6. The van der Waals surface area contributed by atoms with Gasteiger partial charge in [0.1, 0.15) is 0 Å². The summed E-state index contributed by atoms with van der Waals surface area (Å²) in [6.07, 6.45) is 2.05. The van der Waals surface area contributed by atoms with Crippen LogP contribution in [0.25, 0.3) is 0 Å². The molecule has 2 aliphatic rings. The van der Waals surface area contributed by atoms with Crippen LogP contribution in [0, 0.1) is 18.8 Å². The molecular weight excluding hydrogens is 408 g/mol. The lowest BCUT2D eigenvalue weighted by Gasteiger charge is -2.25. The Hall–Kier alpha value is -3.17. The Morgan fingerprint density at radius 1 is 0.900 bits per heavy atom. The van der Waals surface area contributed by atoms with Gasteiger partial charge >= 0.3 is 0 Å². The fraction of sp³-hybridized carbons (Fsp3) is 0.238. The number of anilines is 2. The Labute approximate surface area is 173 Å². The van der Waals surface area contributed by atoms with E-state index in [0.29, 0.717) is 11.4 Å². The van der Waals surface area contributed by atoms with Gasteiger partial charge in [0, 0.05) is 23.3 Å². The second-order valence-corrected chi connectivity index (χ2v) is 8.99. The highest BCUT2D eigenvalue weighted by atomic mass is 32.2. The Bertz CT molecular complexity index is 1110. The van der Waals surface area contributed by atoms with Crippen LogP contribution in [-0.2, 0) is 24.3 Å². The van der Waals surface area contributed by atoms with Crippen LogP contribution in [0.3, 0.4) is 0 Å². The Morgan fingerprint density at radius 3 is 2.07 bits per heavy atom. The van der Waals surface area contributed by atoms with Crippen LogP contribution in [0.2, 0.25) is 0 Å². The predicted octanol–water partition coefficient (Wildman–Crippen LogP) is 1.05. The van der Waals surface area contributed by atoms with E-state index < -0.39 is 45.9 Å². The number of rotatable bonds is 6. The molecule has 9 heteroatoms. The summed E-state index contributed by atoms with van der Waals surface area (Å²) in [6.45, 7) is 1.87. The molecule has 30 heavy (non-hydrogen) atoms. The molecule has 0 aromatic heterocycles. The fourth-order valence-electron chi connectivity index (χ4n) is 3.68. The molecule has 2 bridgehead atoms. The van der Waals surface area contributed by atoms with Crippen molar-refractivity contribution in [1.29, 1.82) is 0 Å². The number of carbonyl (C=O) groups excluding carboxylic acids is 2. The molecule has 4 atom stereocenters. The number of ether oxygens (including phenoxy) is 1. The monoisotopic (exact) mass is 427 g/mol. The van der Waals surface area contributed by atoms with E-state index in [4.69, 9.17) is 4.74 Å². The second kappa shape index (κ2) is 7.58. The zero-order chi connectivity index (χ0) is 21.5. The minimum Gasteiger partial charge on any atom is -0.550 e. The summed E-state index contributed by atoms with van der Waals surface area (Å²) in [7, 11) is -3.74. The van der Waals surface area contributed by atoms with Crippen LogP contribution in [-0.4, -0.2) is 32.5 Å². The number of hydrogen-bond acceptors (Lipinski definition) is 6. The van der Waals surface area contributed by atoms with Crippen LogP contribution in [0.5, 0.6) is 0 Å². The summed E-state index contributed by atoms with van der Waals surface area (Å²) < 4.78 is 32.9. The number of aryl methyl sites for hydroxylation is 1. The number of carboxylic acid groups (broad SMARTS) is 1. The lowest BCUT2D eigenvalue weighted by molar-refractivity contribution is -0.313. The van der Waals surface area contributed by atoms with Gasteiger partial charge in [0.15, 0.2) is 0 Å². The molecule has 2 aliphatic heterocycles. The summed E-state index contributed by atoms with van der Waals surface area (Å²) in [6, 6.07) is 12.5. The average molecular weight is 427 g/mol. The Balaban J connectivity index is 1.44. The number of fused-ring (bicyclic) bond motifs is 2. The summed E-state index contributed by atoms with van der Waals surface area (Å²) in [5.74, 6) is -3.74. The molecule has 0 unspecified atom stereocenters. The van der Waals surface area contributed by atoms with Crippen molar-refractivity contribution in [1.82, 2.24) is 0 Å². The van der Waals surface area contributed by atoms with Crippen molar-refractivity contribution >= 4 is 33.3 Å². The van der Waals surface area contributed by atoms with Crippen molar-refractivity contribution in [2.75, 3.05) is 10.0 Å². The van der Waals surface area contributed by atoms with Crippen molar-refractivity contribution in [2.24, 2.45) is 11.8 Å². The number of hydrogen-bond donors (Lipinski definition) is 2. The van der Waals surface area contributed by atoms with E-state index in [0.717, 1.165) is 5.56 Å².